The van der Waals surface area contributed by atoms with Crippen LogP contribution >= 0.6 is 0 Å². The first-order chi connectivity index (χ1) is 9.14. The van der Waals surface area contributed by atoms with Gasteiger partial charge in [0.25, 0.3) is 0 Å². The van der Waals surface area contributed by atoms with Gasteiger partial charge in [-0.15, -0.1) is 0 Å². The third-order valence-corrected chi connectivity index (χ3v) is 4.53. The number of halogens is 1. The number of aromatic nitrogens is 1. The fourth-order valence-electron chi connectivity index (χ4n) is 3.57. The molecule has 0 bridgehead atoms. The second-order valence-electron chi connectivity index (χ2n) is 5.40. The summed E-state index contributed by atoms with van der Waals surface area (Å²) >= 11 is 0. The number of hydrogen-bond donors (Lipinski definition) is 1. The van der Waals surface area contributed by atoms with Crippen LogP contribution in [0.25, 0.3) is 0 Å². The van der Waals surface area contributed by atoms with Crippen LogP contribution in [0.4, 0.5) is 4.39 Å². The molecule has 0 radical (unpaired) electrons. The Bertz CT molecular complexity index is 412. The van der Waals surface area contributed by atoms with Gasteiger partial charge in [0.2, 0.25) is 0 Å². The summed E-state index contributed by atoms with van der Waals surface area (Å²) in [6, 6.07) is 1.36. The molecule has 1 aliphatic carbocycles. The molecule has 1 heterocycles. The van der Waals surface area contributed by atoms with Crippen molar-refractivity contribution in [2.75, 3.05) is 13.1 Å². The molecule has 4 heteroatoms. The van der Waals surface area contributed by atoms with Gasteiger partial charge in [0.1, 0.15) is 5.82 Å². The Kier molecular flexibility index (Phi) is 4.53. The van der Waals surface area contributed by atoms with E-state index in [4.69, 9.17) is 5.73 Å². The van der Waals surface area contributed by atoms with Gasteiger partial charge in [0.15, 0.2) is 0 Å². The molecule has 19 heavy (non-hydrogen) atoms. The van der Waals surface area contributed by atoms with E-state index in [2.05, 4.69) is 23.7 Å². The van der Waals surface area contributed by atoms with Crippen LogP contribution in [-0.4, -0.2) is 28.5 Å². The van der Waals surface area contributed by atoms with Crippen molar-refractivity contribution in [3.8, 4) is 0 Å². The molecule has 2 rings (SSSR count). The minimum absolute atomic E-state index is 0.0288. The lowest BCUT2D eigenvalue weighted by Crippen LogP contribution is -2.53. The third kappa shape index (κ3) is 2.65. The van der Waals surface area contributed by atoms with E-state index < -0.39 is 0 Å². The molecule has 0 amide bonds. The van der Waals surface area contributed by atoms with E-state index >= 15 is 0 Å². The van der Waals surface area contributed by atoms with E-state index in [1.54, 1.807) is 6.20 Å². The van der Waals surface area contributed by atoms with Gasteiger partial charge in [-0.25, -0.2) is 4.39 Å². The van der Waals surface area contributed by atoms with E-state index in [9.17, 15) is 4.39 Å². The van der Waals surface area contributed by atoms with Crippen LogP contribution in [0.3, 0.4) is 0 Å². The topological polar surface area (TPSA) is 42.1 Å². The van der Waals surface area contributed by atoms with Crippen LogP contribution in [0.1, 0.15) is 51.1 Å². The summed E-state index contributed by atoms with van der Waals surface area (Å²) in [5.41, 5.74) is 7.29. The zero-order valence-electron chi connectivity index (χ0n) is 11.9. The predicted molar refractivity (Wildman–Crippen MR) is 75.2 cm³/mol. The highest BCUT2D eigenvalue weighted by Gasteiger charge is 2.44. The van der Waals surface area contributed by atoms with Gasteiger partial charge in [-0.2, -0.15) is 0 Å². The Morgan fingerprint density at radius 1 is 1.32 bits per heavy atom. The lowest BCUT2D eigenvalue weighted by atomic mass is 9.83. The quantitative estimate of drug-likeness (QED) is 0.890. The number of hydrogen-bond acceptors (Lipinski definition) is 3. The van der Waals surface area contributed by atoms with E-state index in [0.29, 0.717) is 0 Å². The maximum absolute atomic E-state index is 13.4. The van der Waals surface area contributed by atoms with E-state index in [0.717, 1.165) is 31.5 Å². The predicted octanol–water partition coefficient (Wildman–Crippen LogP) is 2.88. The van der Waals surface area contributed by atoms with Crippen LogP contribution < -0.4 is 5.73 Å². The van der Waals surface area contributed by atoms with Gasteiger partial charge in [-0.1, -0.05) is 26.7 Å². The number of nitrogens with zero attached hydrogens (tertiary/aromatic N) is 2. The average Bonchev–Trinajstić information content (AvgIpc) is 2.90. The third-order valence-electron chi connectivity index (χ3n) is 4.53. The lowest BCUT2D eigenvalue weighted by molar-refractivity contribution is 0.0768. The molecule has 2 N–H and O–H groups in total. The van der Waals surface area contributed by atoms with Crippen molar-refractivity contribution in [3.63, 3.8) is 0 Å². The molecular formula is C15H24FN3. The van der Waals surface area contributed by atoms with Crippen molar-refractivity contribution in [1.29, 1.82) is 0 Å². The first kappa shape index (κ1) is 14.4. The zero-order chi connectivity index (χ0) is 13.9. The van der Waals surface area contributed by atoms with E-state index in [1.807, 2.05) is 0 Å². The molecule has 0 saturated heterocycles. The Labute approximate surface area is 115 Å². The van der Waals surface area contributed by atoms with E-state index in [1.165, 1.54) is 25.1 Å². The minimum atomic E-state index is -0.305. The normalized spacial score (nSPS) is 19.8. The summed E-state index contributed by atoms with van der Waals surface area (Å²) in [5.74, 6) is -0.305. The Balaban J connectivity index is 2.33. The van der Waals surface area contributed by atoms with Crippen molar-refractivity contribution in [2.24, 2.45) is 5.73 Å². The second-order valence-corrected chi connectivity index (χ2v) is 5.40. The molecule has 1 aromatic rings. The summed E-state index contributed by atoms with van der Waals surface area (Å²) in [4.78, 5) is 6.39. The molecule has 0 spiro atoms. The van der Waals surface area contributed by atoms with Crippen LogP contribution in [0.5, 0.6) is 0 Å². The molecule has 1 unspecified atom stereocenters. The summed E-state index contributed by atoms with van der Waals surface area (Å²) in [6.45, 7) is 6.29. The monoisotopic (exact) mass is 265 g/mol. The SMILES string of the molecule is CCN(CC)C1(C(N)c2cncc(F)c2)CCCC1. The standard InChI is InChI=1S/C15H24FN3/c1-3-19(4-2)15(7-5-6-8-15)14(17)12-9-13(16)11-18-10-12/h9-11,14H,3-8,17H2,1-2H3. The molecule has 106 valence electrons. The Hall–Kier alpha value is -1.00. The van der Waals surface area contributed by atoms with Crippen LogP contribution in [0.15, 0.2) is 18.5 Å². The number of likely N-dealkylation sites (N-methyl/N-ethyl adjacent to an activating group) is 1. The van der Waals surface area contributed by atoms with Gasteiger partial charge in [0.05, 0.1) is 6.20 Å². The largest absolute Gasteiger partial charge is 0.322 e. The molecule has 0 aliphatic heterocycles. The molecular weight excluding hydrogens is 241 g/mol. The maximum atomic E-state index is 13.4. The first-order valence-corrected chi connectivity index (χ1v) is 7.25. The van der Waals surface area contributed by atoms with Crippen LogP contribution in [0.2, 0.25) is 0 Å². The number of rotatable bonds is 5. The van der Waals surface area contributed by atoms with Gasteiger partial charge in [0, 0.05) is 17.8 Å². The van der Waals surface area contributed by atoms with Gasteiger partial charge < -0.3 is 5.73 Å². The average molecular weight is 265 g/mol. The minimum Gasteiger partial charge on any atom is -0.322 e. The zero-order valence-corrected chi connectivity index (χ0v) is 11.9. The maximum Gasteiger partial charge on any atom is 0.141 e. The van der Waals surface area contributed by atoms with Gasteiger partial charge in [-0.05, 0) is 37.6 Å². The van der Waals surface area contributed by atoms with Crippen LogP contribution in [-0.2, 0) is 0 Å². The number of pyridine rings is 1. The highest BCUT2D eigenvalue weighted by atomic mass is 19.1. The molecule has 1 saturated carbocycles. The lowest BCUT2D eigenvalue weighted by Gasteiger charge is -2.44. The van der Waals surface area contributed by atoms with Gasteiger partial charge in [-0.3, -0.25) is 9.88 Å². The molecule has 1 aromatic heterocycles. The molecule has 3 nitrogen and oxygen atoms in total. The first-order valence-electron chi connectivity index (χ1n) is 7.25. The van der Waals surface area contributed by atoms with Crippen molar-refractivity contribution in [1.82, 2.24) is 9.88 Å². The summed E-state index contributed by atoms with van der Waals surface area (Å²) in [7, 11) is 0. The van der Waals surface area contributed by atoms with Crippen molar-refractivity contribution < 1.29 is 4.39 Å². The number of nitrogens with two attached hydrogens (primary N) is 1. The molecule has 1 aliphatic rings. The highest BCUT2D eigenvalue weighted by Crippen LogP contribution is 2.43. The molecule has 1 atom stereocenters. The van der Waals surface area contributed by atoms with Gasteiger partial charge >= 0.3 is 0 Å². The van der Waals surface area contributed by atoms with Crippen molar-refractivity contribution in [3.05, 3.63) is 29.8 Å². The summed E-state index contributed by atoms with van der Waals surface area (Å²) in [5, 5.41) is 0. The Morgan fingerprint density at radius 2 is 1.95 bits per heavy atom. The highest BCUT2D eigenvalue weighted by molar-refractivity contribution is 5.21. The van der Waals surface area contributed by atoms with E-state index in [-0.39, 0.29) is 17.4 Å². The Morgan fingerprint density at radius 3 is 2.47 bits per heavy atom. The van der Waals surface area contributed by atoms with Crippen molar-refractivity contribution in [2.45, 2.75) is 51.1 Å². The molecule has 1 fully saturated rings. The summed E-state index contributed by atoms with van der Waals surface area (Å²) in [6.07, 6.45) is 7.52. The van der Waals surface area contributed by atoms with Crippen molar-refractivity contribution >= 4 is 0 Å². The summed E-state index contributed by atoms with van der Waals surface area (Å²) < 4.78 is 13.4. The fourth-order valence-corrected chi connectivity index (χ4v) is 3.57. The molecule has 0 aromatic carbocycles. The van der Waals surface area contributed by atoms with Crippen LogP contribution in [0, 0.1) is 5.82 Å². The second kappa shape index (κ2) is 5.97. The fraction of sp³-hybridized carbons (Fsp3) is 0.667. The smallest absolute Gasteiger partial charge is 0.141 e.